The minimum Gasteiger partial charge on any atom is -0.349 e. The van der Waals surface area contributed by atoms with Crippen molar-refractivity contribution in [1.29, 1.82) is 0 Å². The molecule has 0 radical (unpaired) electrons. The summed E-state index contributed by atoms with van der Waals surface area (Å²) in [5, 5.41) is 4.51. The van der Waals surface area contributed by atoms with E-state index in [-0.39, 0.29) is 0 Å². The predicted molar refractivity (Wildman–Crippen MR) is 63.5 cm³/mol. The number of aromatic nitrogens is 1. The molecule has 14 heavy (non-hydrogen) atoms. The minimum atomic E-state index is 0.880. The lowest BCUT2D eigenvalue weighted by molar-refractivity contribution is 0.819. The van der Waals surface area contributed by atoms with E-state index in [0.29, 0.717) is 0 Å². The number of nitrogens with one attached hydrogen (secondary N) is 2. The lowest BCUT2D eigenvalue weighted by Gasteiger charge is -2.01. The van der Waals surface area contributed by atoms with E-state index in [1.807, 2.05) is 7.05 Å². The van der Waals surface area contributed by atoms with Gasteiger partial charge in [0.05, 0.1) is 4.60 Å². The molecule has 0 unspecified atom stereocenters. The second kappa shape index (κ2) is 3.75. The fraction of sp³-hybridized carbons (Fsp3) is 0.273. The van der Waals surface area contributed by atoms with Crippen LogP contribution >= 0.6 is 15.9 Å². The van der Waals surface area contributed by atoms with E-state index < -0.39 is 0 Å². The van der Waals surface area contributed by atoms with Gasteiger partial charge in [-0.3, -0.25) is 0 Å². The van der Waals surface area contributed by atoms with Crippen LogP contribution in [0.3, 0.4) is 0 Å². The fourth-order valence-corrected chi connectivity index (χ4v) is 2.37. The van der Waals surface area contributed by atoms with Crippen molar-refractivity contribution in [2.45, 2.75) is 13.5 Å². The molecule has 3 heteroatoms. The van der Waals surface area contributed by atoms with Crippen LogP contribution < -0.4 is 5.32 Å². The molecule has 0 fully saturated rings. The summed E-state index contributed by atoms with van der Waals surface area (Å²) in [4.78, 5) is 3.33. The molecule has 0 amide bonds. The highest BCUT2D eigenvalue weighted by atomic mass is 79.9. The van der Waals surface area contributed by atoms with Crippen molar-refractivity contribution in [3.8, 4) is 0 Å². The van der Waals surface area contributed by atoms with Crippen molar-refractivity contribution in [2.75, 3.05) is 7.05 Å². The van der Waals surface area contributed by atoms with Crippen LogP contribution in [0.1, 0.15) is 11.1 Å². The van der Waals surface area contributed by atoms with Crippen molar-refractivity contribution in [2.24, 2.45) is 0 Å². The zero-order chi connectivity index (χ0) is 10.1. The third-order valence-electron chi connectivity index (χ3n) is 2.44. The Morgan fingerprint density at radius 2 is 2.21 bits per heavy atom. The van der Waals surface area contributed by atoms with Crippen LogP contribution in [0.15, 0.2) is 22.8 Å². The molecule has 74 valence electrons. The Kier molecular flexibility index (Phi) is 2.61. The maximum Gasteiger partial charge on any atom is 0.0876 e. The van der Waals surface area contributed by atoms with E-state index in [1.165, 1.54) is 22.0 Å². The topological polar surface area (TPSA) is 27.8 Å². The average molecular weight is 253 g/mol. The zero-order valence-corrected chi connectivity index (χ0v) is 9.90. The van der Waals surface area contributed by atoms with Gasteiger partial charge in [-0.15, -0.1) is 0 Å². The van der Waals surface area contributed by atoms with Crippen molar-refractivity contribution in [3.05, 3.63) is 33.9 Å². The van der Waals surface area contributed by atoms with Gasteiger partial charge in [0.25, 0.3) is 0 Å². The van der Waals surface area contributed by atoms with Crippen molar-refractivity contribution in [3.63, 3.8) is 0 Å². The third-order valence-corrected chi connectivity index (χ3v) is 3.11. The molecule has 0 aliphatic carbocycles. The Labute approximate surface area is 91.8 Å². The molecule has 0 saturated heterocycles. The maximum atomic E-state index is 3.55. The first-order valence-electron chi connectivity index (χ1n) is 4.64. The Morgan fingerprint density at radius 1 is 1.43 bits per heavy atom. The standard InChI is InChI=1S/C11H13BrN2/c1-7-4-3-5-9-10(7)8(6-13-2)11(12)14-9/h3-5,13-14H,6H2,1-2H3. The van der Waals surface area contributed by atoms with E-state index in [9.17, 15) is 0 Å². The van der Waals surface area contributed by atoms with E-state index in [0.717, 1.165) is 11.1 Å². The van der Waals surface area contributed by atoms with Gasteiger partial charge in [-0.2, -0.15) is 0 Å². The number of H-pyrrole nitrogens is 1. The SMILES string of the molecule is CNCc1c(Br)[nH]c2cccc(C)c12. The van der Waals surface area contributed by atoms with Gasteiger partial charge < -0.3 is 10.3 Å². The molecular formula is C11H13BrN2. The first-order chi connectivity index (χ1) is 6.74. The molecule has 2 nitrogen and oxygen atoms in total. The number of aryl methyl sites for hydroxylation is 1. The Bertz CT molecular complexity index is 460. The number of fused-ring (bicyclic) bond motifs is 1. The molecule has 2 aromatic rings. The molecule has 0 atom stereocenters. The number of benzene rings is 1. The number of rotatable bonds is 2. The number of aromatic amines is 1. The monoisotopic (exact) mass is 252 g/mol. The normalized spacial score (nSPS) is 11.1. The summed E-state index contributed by atoms with van der Waals surface area (Å²) in [5.41, 5.74) is 3.82. The largest absolute Gasteiger partial charge is 0.349 e. The van der Waals surface area contributed by atoms with Crippen LogP contribution in [-0.2, 0) is 6.54 Å². The van der Waals surface area contributed by atoms with Gasteiger partial charge >= 0.3 is 0 Å². The number of hydrogen-bond donors (Lipinski definition) is 2. The molecule has 1 heterocycles. The van der Waals surface area contributed by atoms with Gasteiger partial charge in [-0.25, -0.2) is 0 Å². The van der Waals surface area contributed by atoms with E-state index in [4.69, 9.17) is 0 Å². The van der Waals surface area contributed by atoms with Crippen LogP contribution in [-0.4, -0.2) is 12.0 Å². The highest BCUT2D eigenvalue weighted by molar-refractivity contribution is 9.10. The zero-order valence-electron chi connectivity index (χ0n) is 8.32. The summed E-state index contributed by atoms with van der Waals surface area (Å²) in [7, 11) is 1.96. The Hall–Kier alpha value is -0.800. The Morgan fingerprint density at radius 3 is 2.93 bits per heavy atom. The highest BCUT2D eigenvalue weighted by Gasteiger charge is 2.09. The van der Waals surface area contributed by atoms with Crippen LogP contribution in [0, 0.1) is 6.92 Å². The summed E-state index contributed by atoms with van der Waals surface area (Å²) in [5.74, 6) is 0. The van der Waals surface area contributed by atoms with E-state index in [1.54, 1.807) is 0 Å². The molecule has 2 rings (SSSR count). The van der Waals surface area contributed by atoms with Crippen LogP contribution in [0.2, 0.25) is 0 Å². The van der Waals surface area contributed by atoms with Crippen LogP contribution in [0.25, 0.3) is 10.9 Å². The summed E-state index contributed by atoms with van der Waals surface area (Å²) in [6.07, 6.45) is 0. The first kappa shape index (κ1) is 9.74. The van der Waals surface area contributed by atoms with Crippen molar-refractivity contribution < 1.29 is 0 Å². The van der Waals surface area contributed by atoms with E-state index in [2.05, 4.69) is 51.4 Å². The summed E-state index contributed by atoms with van der Waals surface area (Å²) in [6, 6.07) is 6.32. The van der Waals surface area contributed by atoms with Crippen molar-refractivity contribution >= 4 is 26.8 Å². The Balaban J connectivity index is 2.73. The van der Waals surface area contributed by atoms with Gasteiger partial charge in [0.2, 0.25) is 0 Å². The third kappa shape index (κ3) is 1.47. The second-order valence-electron chi connectivity index (χ2n) is 3.45. The predicted octanol–water partition coefficient (Wildman–Crippen LogP) is 2.96. The number of halogens is 1. The summed E-state index contributed by atoms with van der Waals surface area (Å²) >= 11 is 3.55. The smallest absolute Gasteiger partial charge is 0.0876 e. The van der Waals surface area contributed by atoms with E-state index >= 15 is 0 Å². The fourth-order valence-electron chi connectivity index (χ4n) is 1.82. The average Bonchev–Trinajstić information content (AvgIpc) is 2.45. The number of hydrogen-bond acceptors (Lipinski definition) is 1. The lowest BCUT2D eigenvalue weighted by atomic mass is 10.1. The van der Waals surface area contributed by atoms with Crippen molar-refractivity contribution in [1.82, 2.24) is 10.3 Å². The van der Waals surface area contributed by atoms with Gasteiger partial charge in [0.1, 0.15) is 0 Å². The molecular weight excluding hydrogens is 240 g/mol. The van der Waals surface area contributed by atoms with Crippen LogP contribution in [0.4, 0.5) is 0 Å². The molecule has 0 saturated carbocycles. The van der Waals surface area contributed by atoms with Gasteiger partial charge in [-0.1, -0.05) is 12.1 Å². The van der Waals surface area contributed by atoms with Crippen LogP contribution in [0.5, 0.6) is 0 Å². The molecule has 2 N–H and O–H groups in total. The molecule has 0 bridgehead atoms. The van der Waals surface area contributed by atoms with Gasteiger partial charge in [0, 0.05) is 23.0 Å². The lowest BCUT2D eigenvalue weighted by Crippen LogP contribution is -2.05. The molecule has 0 aliphatic heterocycles. The molecule has 1 aromatic heterocycles. The molecule has 0 aliphatic rings. The highest BCUT2D eigenvalue weighted by Crippen LogP contribution is 2.28. The molecule has 1 aromatic carbocycles. The molecule has 0 spiro atoms. The summed E-state index contributed by atoms with van der Waals surface area (Å²) < 4.78 is 1.08. The quantitative estimate of drug-likeness (QED) is 0.846. The first-order valence-corrected chi connectivity index (χ1v) is 5.43. The summed E-state index contributed by atoms with van der Waals surface area (Å²) in [6.45, 7) is 3.02. The maximum absolute atomic E-state index is 3.55. The van der Waals surface area contributed by atoms with Gasteiger partial charge in [-0.05, 0) is 41.5 Å². The second-order valence-corrected chi connectivity index (χ2v) is 4.24. The minimum absolute atomic E-state index is 0.880. The van der Waals surface area contributed by atoms with Gasteiger partial charge in [0.15, 0.2) is 0 Å².